The second kappa shape index (κ2) is 11.6. The molecule has 6 rings (SSSR count). The number of fused-ring (bicyclic) bond motifs is 2. The zero-order valence-electron chi connectivity index (χ0n) is 22.3. The van der Waals surface area contributed by atoms with E-state index in [-0.39, 0.29) is 17.9 Å². The molecule has 3 aliphatic carbocycles. The van der Waals surface area contributed by atoms with Crippen molar-refractivity contribution in [2.75, 3.05) is 0 Å². The van der Waals surface area contributed by atoms with Crippen molar-refractivity contribution in [1.82, 2.24) is 10.2 Å². The van der Waals surface area contributed by atoms with Crippen molar-refractivity contribution >= 4 is 24.9 Å². The lowest BCUT2D eigenvalue weighted by Crippen LogP contribution is -2.40. The summed E-state index contributed by atoms with van der Waals surface area (Å²) < 4.78 is 21.2. The Morgan fingerprint density at radius 1 is 0.667 bits per heavy atom. The van der Waals surface area contributed by atoms with Crippen molar-refractivity contribution in [2.45, 2.75) is 76.3 Å². The Hall–Kier alpha value is -3.05. The van der Waals surface area contributed by atoms with Crippen LogP contribution in [0.4, 0.5) is 5.69 Å². The number of hydrogen-bond acceptors (Lipinski definition) is 4. The summed E-state index contributed by atoms with van der Waals surface area (Å²) in [6.45, 7) is 0. The van der Waals surface area contributed by atoms with Gasteiger partial charge in [-0.05, 0) is 43.9 Å². The van der Waals surface area contributed by atoms with Crippen LogP contribution >= 0.6 is 7.67 Å². The average molecular weight is 542 g/mol. The first-order valence-electron chi connectivity index (χ1n) is 14.4. The Kier molecular flexibility index (Phi) is 7.78. The van der Waals surface area contributed by atoms with Crippen molar-refractivity contribution in [1.29, 1.82) is 0 Å². The molecule has 2 saturated carbocycles. The summed E-state index contributed by atoms with van der Waals surface area (Å²) >= 11 is 0. The highest BCUT2D eigenvalue weighted by Gasteiger charge is 2.36. The van der Waals surface area contributed by atoms with E-state index in [1.54, 1.807) is 0 Å². The molecule has 0 aromatic heterocycles. The minimum absolute atomic E-state index is 0.0756. The highest BCUT2D eigenvalue weighted by atomic mass is 31.2. The predicted octanol–water partition coefficient (Wildman–Crippen LogP) is 7.73. The van der Waals surface area contributed by atoms with Crippen molar-refractivity contribution in [3.8, 4) is 5.75 Å². The van der Waals surface area contributed by atoms with Crippen LogP contribution in [-0.2, 0) is 4.57 Å². The van der Waals surface area contributed by atoms with Gasteiger partial charge in [0.25, 0.3) is 0 Å². The Bertz CT molecular complexity index is 1390. The van der Waals surface area contributed by atoms with Gasteiger partial charge < -0.3 is 4.52 Å². The van der Waals surface area contributed by atoms with Crippen LogP contribution in [0, 0.1) is 0 Å². The molecule has 6 nitrogen and oxygen atoms in total. The van der Waals surface area contributed by atoms with Crippen LogP contribution in [0.3, 0.4) is 0 Å². The van der Waals surface area contributed by atoms with Crippen molar-refractivity contribution in [3.05, 3.63) is 95.1 Å². The van der Waals surface area contributed by atoms with Gasteiger partial charge in [0.15, 0.2) is 5.78 Å². The van der Waals surface area contributed by atoms with Crippen molar-refractivity contribution in [3.63, 3.8) is 0 Å². The fraction of sp³-hybridized carbons (Fsp3) is 0.375. The lowest BCUT2D eigenvalue weighted by atomic mass is 9.83. The Morgan fingerprint density at radius 3 is 1.87 bits per heavy atom. The number of para-hydroxylation sites is 1. The van der Waals surface area contributed by atoms with E-state index in [0.717, 1.165) is 62.6 Å². The van der Waals surface area contributed by atoms with Crippen LogP contribution in [0.2, 0.25) is 0 Å². The van der Waals surface area contributed by atoms with Crippen LogP contribution in [0.25, 0.3) is 0 Å². The summed E-state index contributed by atoms with van der Waals surface area (Å²) in [6, 6.07) is 23.0. The van der Waals surface area contributed by atoms with Gasteiger partial charge in [-0.3, -0.25) is 4.79 Å². The molecule has 3 aromatic carbocycles. The molecular formula is C32H36N3O3P. The van der Waals surface area contributed by atoms with Gasteiger partial charge in [0.05, 0.1) is 17.0 Å². The normalized spacial score (nSPS) is 19.5. The quantitative estimate of drug-likeness (QED) is 0.234. The summed E-state index contributed by atoms with van der Waals surface area (Å²) in [6.07, 6.45) is 10.9. The van der Waals surface area contributed by atoms with Gasteiger partial charge in [-0.25, -0.2) is 19.7 Å². The summed E-state index contributed by atoms with van der Waals surface area (Å²) in [7, 11) is -3.50. The van der Waals surface area contributed by atoms with E-state index >= 15 is 0 Å². The van der Waals surface area contributed by atoms with Gasteiger partial charge in [-0.2, -0.15) is 0 Å². The highest BCUT2D eigenvalue weighted by molar-refractivity contribution is 7.55. The molecule has 2 fully saturated rings. The largest absolute Gasteiger partial charge is 0.421 e. The van der Waals surface area contributed by atoms with Gasteiger partial charge in [0.1, 0.15) is 5.75 Å². The monoisotopic (exact) mass is 541 g/mol. The molecule has 39 heavy (non-hydrogen) atoms. The number of nitrogens with zero attached hydrogens (tertiary/aromatic N) is 1. The van der Waals surface area contributed by atoms with E-state index in [2.05, 4.69) is 10.2 Å². The SMILES string of the molecule is O=C1c2ccccc2C(=Nc2ccccc2)c2c(OP(=O)(NC3CCCCC3)NC3CCCCC3)cccc21. The topological polar surface area (TPSA) is 79.8 Å². The maximum Gasteiger partial charge on any atom is 0.390 e. The molecule has 0 atom stereocenters. The van der Waals surface area contributed by atoms with Gasteiger partial charge >= 0.3 is 7.67 Å². The molecule has 0 unspecified atom stereocenters. The standard InChI is InChI=1S/C32H36N3O3P/c36-32-27-20-11-10-19-26(27)31(33-23-13-4-1-5-14-23)30-28(32)21-12-22-29(30)38-39(37,34-24-15-6-2-7-16-24)35-25-17-8-3-9-18-25/h1,4-5,10-14,19-22,24-25H,2-3,6-9,15-18H2,(H2,34,35,37). The lowest BCUT2D eigenvalue weighted by molar-refractivity contribution is 0.103. The minimum atomic E-state index is -3.50. The van der Waals surface area contributed by atoms with Crippen LogP contribution in [-0.4, -0.2) is 23.6 Å². The third-order valence-corrected chi connectivity index (χ3v) is 9.94. The molecule has 0 saturated heterocycles. The predicted molar refractivity (Wildman–Crippen MR) is 156 cm³/mol. The van der Waals surface area contributed by atoms with E-state index in [9.17, 15) is 9.36 Å². The second-order valence-corrected chi connectivity index (χ2v) is 12.7. The third kappa shape index (κ3) is 5.79. The van der Waals surface area contributed by atoms with Gasteiger partial charge in [0.2, 0.25) is 0 Å². The molecule has 3 aliphatic rings. The van der Waals surface area contributed by atoms with Crippen LogP contribution in [0.5, 0.6) is 5.75 Å². The number of hydrogen-bond donors (Lipinski definition) is 2. The molecular weight excluding hydrogens is 505 g/mol. The number of carbonyl (C=O) groups excluding carboxylic acids is 1. The molecule has 2 N–H and O–H groups in total. The molecule has 0 spiro atoms. The zero-order chi connectivity index (χ0) is 26.7. The molecule has 0 aliphatic heterocycles. The molecule has 0 radical (unpaired) electrons. The summed E-state index contributed by atoms with van der Waals surface area (Å²) in [5, 5.41) is 6.85. The van der Waals surface area contributed by atoms with Crippen LogP contribution < -0.4 is 14.7 Å². The zero-order valence-corrected chi connectivity index (χ0v) is 23.2. The van der Waals surface area contributed by atoms with Crippen LogP contribution in [0.1, 0.15) is 91.3 Å². The maximum absolute atomic E-state index is 14.6. The highest BCUT2D eigenvalue weighted by Crippen LogP contribution is 2.46. The summed E-state index contributed by atoms with van der Waals surface area (Å²) in [5.41, 5.74) is 3.92. The van der Waals surface area contributed by atoms with E-state index in [4.69, 9.17) is 9.52 Å². The first kappa shape index (κ1) is 26.2. The Balaban J connectivity index is 1.43. The molecule has 0 bridgehead atoms. The fourth-order valence-corrected chi connectivity index (χ4v) is 8.22. The lowest BCUT2D eigenvalue weighted by Gasteiger charge is -2.33. The Morgan fingerprint density at radius 2 is 1.23 bits per heavy atom. The second-order valence-electron chi connectivity index (χ2n) is 10.9. The molecule has 3 aromatic rings. The number of ketones is 1. The number of nitrogens with one attached hydrogen (secondary N) is 2. The smallest absolute Gasteiger partial charge is 0.390 e. The van der Waals surface area contributed by atoms with Gasteiger partial charge in [-0.15, -0.1) is 0 Å². The van der Waals surface area contributed by atoms with Gasteiger partial charge in [0, 0.05) is 28.8 Å². The molecule has 202 valence electrons. The molecule has 0 heterocycles. The fourth-order valence-electron chi connectivity index (χ4n) is 6.13. The van der Waals surface area contributed by atoms with Crippen LogP contribution in [0.15, 0.2) is 77.8 Å². The van der Waals surface area contributed by atoms with E-state index in [1.807, 2.05) is 72.8 Å². The maximum atomic E-state index is 14.6. The number of aliphatic imine (C=N–C) groups is 1. The first-order chi connectivity index (χ1) is 19.1. The van der Waals surface area contributed by atoms with Crippen molar-refractivity contribution in [2.24, 2.45) is 4.99 Å². The van der Waals surface area contributed by atoms with Crippen molar-refractivity contribution < 1.29 is 13.9 Å². The van der Waals surface area contributed by atoms with E-state index in [0.29, 0.717) is 28.2 Å². The van der Waals surface area contributed by atoms with E-state index < -0.39 is 7.67 Å². The third-order valence-electron chi connectivity index (χ3n) is 8.07. The number of benzene rings is 3. The molecule has 0 amide bonds. The summed E-state index contributed by atoms with van der Waals surface area (Å²) in [4.78, 5) is 18.7. The number of carbonyl (C=O) groups is 1. The number of rotatable bonds is 7. The van der Waals surface area contributed by atoms with Gasteiger partial charge in [-0.1, -0.05) is 93.1 Å². The van der Waals surface area contributed by atoms with E-state index in [1.165, 1.54) is 12.8 Å². The minimum Gasteiger partial charge on any atom is -0.421 e. The Labute approximate surface area is 230 Å². The molecule has 7 heteroatoms. The first-order valence-corrected chi connectivity index (χ1v) is 16.0. The summed E-state index contributed by atoms with van der Waals surface area (Å²) in [5.74, 6) is 0.341. The average Bonchev–Trinajstić information content (AvgIpc) is 2.97.